The number of hydrogen-bond donors (Lipinski definition) is 3. The summed E-state index contributed by atoms with van der Waals surface area (Å²) in [5.41, 5.74) is 11.6. The average Bonchev–Trinajstić information content (AvgIpc) is 3.34. The SMILES string of the molecule is CC(N)=C(C=[NH+]CCCN1CCCC1)c1cnc2ccc(Nc3cc(C(C)C)cnn3)nc2c1. The number of anilines is 2. The van der Waals surface area contributed by atoms with Crippen molar-refractivity contribution in [2.75, 3.05) is 31.5 Å². The van der Waals surface area contributed by atoms with Gasteiger partial charge in [0.15, 0.2) is 12.0 Å². The molecule has 0 spiro atoms. The predicted molar refractivity (Wildman–Crippen MR) is 138 cm³/mol. The van der Waals surface area contributed by atoms with Gasteiger partial charge in [-0.2, -0.15) is 5.10 Å². The maximum Gasteiger partial charge on any atom is 0.171 e. The third kappa shape index (κ3) is 6.14. The third-order valence-corrected chi connectivity index (χ3v) is 6.11. The topological polar surface area (TPSA) is 107 Å². The lowest BCUT2D eigenvalue weighted by atomic mass is 10.1. The Morgan fingerprint density at radius 2 is 1.97 bits per heavy atom. The fourth-order valence-electron chi connectivity index (χ4n) is 4.12. The number of rotatable bonds is 9. The molecule has 0 atom stereocenters. The van der Waals surface area contributed by atoms with Crippen molar-refractivity contribution < 1.29 is 4.99 Å². The van der Waals surface area contributed by atoms with Crippen LogP contribution in [0.15, 0.2) is 42.4 Å². The van der Waals surface area contributed by atoms with Crippen molar-refractivity contribution in [3.8, 4) is 0 Å². The zero-order chi connectivity index (χ0) is 23.9. The van der Waals surface area contributed by atoms with E-state index in [4.69, 9.17) is 10.7 Å². The summed E-state index contributed by atoms with van der Waals surface area (Å²) in [7, 11) is 0. The van der Waals surface area contributed by atoms with Crippen molar-refractivity contribution in [3.63, 3.8) is 0 Å². The first-order chi connectivity index (χ1) is 16.5. The Kier molecular flexibility index (Phi) is 7.80. The summed E-state index contributed by atoms with van der Waals surface area (Å²) < 4.78 is 0. The molecule has 0 aromatic carbocycles. The highest BCUT2D eigenvalue weighted by Gasteiger charge is 2.12. The Labute approximate surface area is 201 Å². The fraction of sp³-hybridized carbons (Fsp3) is 0.423. The smallest absolute Gasteiger partial charge is 0.171 e. The lowest BCUT2D eigenvalue weighted by Gasteiger charge is -2.11. The Balaban J connectivity index is 1.48. The molecule has 0 amide bonds. The van der Waals surface area contributed by atoms with Crippen LogP contribution in [0.3, 0.4) is 0 Å². The molecule has 178 valence electrons. The number of nitrogens with two attached hydrogens (primary N) is 1. The molecule has 1 saturated heterocycles. The van der Waals surface area contributed by atoms with Crippen LogP contribution in [0, 0.1) is 0 Å². The van der Waals surface area contributed by atoms with E-state index in [1.54, 1.807) is 6.20 Å². The Bertz CT molecular complexity index is 1170. The third-order valence-electron chi connectivity index (χ3n) is 6.11. The van der Waals surface area contributed by atoms with E-state index >= 15 is 0 Å². The zero-order valence-electron chi connectivity index (χ0n) is 20.4. The highest BCUT2D eigenvalue weighted by atomic mass is 15.2. The minimum atomic E-state index is 0.377. The van der Waals surface area contributed by atoms with Crippen molar-refractivity contribution in [1.29, 1.82) is 0 Å². The molecule has 1 fully saturated rings. The molecule has 0 radical (unpaired) electrons. The van der Waals surface area contributed by atoms with Gasteiger partial charge in [-0.1, -0.05) is 13.8 Å². The summed E-state index contributed by atoms with van der Waals surface area (Å²) >= 11 is 0. The van der Waals surface area contributed by atoms with Crippen LogP contribution in [0.5, 0.6) is 0 Å². The van der Waals surface area contributed by atoms with Gasteiger partial charge in [0.05, 0.1) is 22.8 Å². The van der Waals surface area contributed by atoms with Crippen LogP contribution in [0.1, 0.15) is 57.1 Å². The van der Waals surface area contributed by atoms with Gasteiger partial charge < -0.3 is 16.0 Å². The first-order valence-corrected chi connectivity index (χ1v) is 12.1. The monoisotopic (exact) mass is 459 g/mol. The van der Waals surface area contributed by atoms with Crippen molar-refractivity contribution >= 4 is 34.5 Å². The molecule has 34 heavy (non-hydrogen) atoms. The minimum absolute atomic E-state index is 0.377. The van der Waals surface area contributed by atoms with Crippen LogP contribution in [0.25, 0.3) is 16.6 Å². The molecule has 3 aromatic rings. The van der Waals surface area contributed by atoms with Gasteiger partial charge in [-0.05, 0) is 68.6 Å². The quantitative estimate of drug-likeness (QED) is 0.333. The van der Waals surface area contributed by atoms with Crippen molar-refractivity contribution in [1.82, 2.24) is 25.1 Å². The van der Waals surface area contributed by atoms with Gasteiger partial charge in [-0.3, -0.25) is 4.98 Å². The molecule has 4 N–H and O–H groups in total. The number of allylic oxidation sites excluding steroid dienone is 2. The first kappa shape index (κ1) is 23.8. The number of likely N-dealkylation sites (tertiary alicyclic amines) is 1. The van der Waals surface area contributed by atoms with Gasteiger partial charge in [0.25, 0.3) is 0 Å². The number of fused-ring (bicyclic) bond motifs is 1. The molecular formula is C26H35N8+. The first-order valence-electron chi connectivity index (χ1n) is 12.1. The number of nitrogens with one attached hydrogen (secondary N) is 2. The van der Waals surface area contributed by atoms with Crippen molar-refractivity contribution in [2.24, 2.45) is 5.73 Å². The van der Waals surface area contributed by atoms with E-state index in [1.165, 1.54) is 25.9 Å². The van der Waals surface area contributed by atoms with Crippen LogP contribution >= 0.6 is 0 Å². The molecule has 3 aromatic heterocycles. The molecule has 1 aliphatic heterocycles. The maximum atomic E-state index is 6.22. The lowest BCUT2D eigenvalue weighted by molar-refractivity contribution is -0.451. The van der Waals surface area contributed by atoms with Crippen LogP contribution in [-0.4, -0.2) is 57.5 Å². The molecule has 0 bridgehead atoms. The van der Waals surface area contributed by atoms with Crippen LogP contribution < -0.4 is 16.0 Å². The molecule has 4 heterocycles. The lowest BCUT2D eigenvalue weighted by Crippen LogP contribution is -2.69. The summed E-state index contributed by atoms with van der Waals surface area (Å²) in [6, 6.07) is 7.88. The second-order valence-corrected chi connectivity index (χ2v) is 9.21. The summed E-state index contributed by atoms with van der Waals surface area (Å²) in [6.07, 6.45) is 9.41. The summed E-state index contributed by atoms with van der Waals surface area (Å²) in [6.45, 7) is 10.7. The second kappa shape index (κ2) is 11.2. The Hall–Kier alpha value is -3.39. The minimum Gasteiger partial charge on any atom is -0.402 e. The van der Waals surface area contributed by atoms with Gasteiger partial charge in [0.2, 0.25) is 0 Å². The highest BCUT2D eigenvalue weighted by Crippen LogP contribution is 2.22. The van der Waals surface area contributed by atoms with Gasteiger partial charge in [0, 0.05) is 30.4 Å². The van der Waals surface area contributed by atoms with E-state index in [9.17, 15) is 0 Å². The molecule has 0 unspecified atom stereocenters. The Morgan fingerprint density at radius 3 is 2.74 bits per heavy atom. The second-order valence-electron chi connectivity index (χ2n) is 9.21. The van der Waals surface area contributed by atoms with E-state index in [2.05, 4.69) is 44.2 Å². The van der Waals surface area contributed by atoms with Gasteiger partial charge in [-0.25, -0.2) is 9.98 Å². The van der Waals surface area contributed by atoms with Gasteiger partial charge in [0.1, 0.15) is 12.4 Å². The van der Waals surface area contributed by atoms with Gasteiger partial charge >= 0.3 is 0 Å². The molecule has 0 aliphatic carbocycles. The standard InChI is InChI=1S/C26H34N8/c1-18(2)20-14-26(33-30-16-20)32-25-8-7-23-24(31-25)13-21(15-29-23)22(19(3)27)17-28-9-6-12-34-10-4-5-11-34/h7-8,13-18H,4-6,9-12,27H2,1-3H3,(H,31,32,33)/p+1. The highest BCUT2D eigenvalue weighted by molar-refractivity contribution is 6.08. The molecule has 4 rings (SSSR count). The molecule has 8 heteroatoms. The number of aromatic nitrogens is 4. The number of nitrogens with zero attached hydrogens (tertiary/aromatic N) is 5. The van der Waals surface area contributed by atoms with E-state index in [-0.39, 0.29) is 0 Å². The fourth-order valence-corrected chi connectivity index (χ4v) is 4.12. The summed E-state index contributed by atoms with van der Waals surface area (Å²) in [5.74, 6) is 1.75. The van der Waals surface area contributed by atoms with E-state index in [0.717, 1.165) is 52.9 Å². The molecule has 0 saturated carbocycles. The van der Waals surface area contributed by atoms with Crippen LogP contribution in [0.2, 0.25) is 0 Å². The summed E-state index contributed by atoms with van der Waals surface area (Å²) in [5, 5.41) is 11.5. The predicted octanol–water partition coefficient (Wildman–Crippen LogP) is 2.61. The van der Waals surface area contributed by atoms with Crippen molar-refractivity contribution in [2.45, 2.75) is 46.0 Å². The molecule has 8 nitrogen and oxygen atoms in total. The number of hydrogen-bond acceptors (Lipinski definition) is 7. The molecule has 1 aliphatic rings. The van der Waals surface area contributed by atoms with Crippen LogP contribution in [-0.2, 0) is 0 Å². The van der Waals surface area contributed by atoms with E-state index in [1.807, 2.05) is 43.6 Å². The normalized spacial score (nSPS) is 15.4. The maximum absolute atomic E-state index is 6.22. The average molecular weight is 460 g/mol. The largest absolute Gasteiger partial charge is 0.402 e. The van der Waals surface area contributed by atoms with Crippen molar-refractivity contribution in [3.05, 3.63) is 53.5 Å². The number of pyridine rings is 2. The van der Waals surface area contributed by atoms with E-state index < -0.39 is 0 Å². The molecular weight excluding hydrogens is 424 g/mol. The van der Waals surface area contributed by atoms with E-state index in [0.29, 0.717) is 17.6 Å². The Morgan fingerprint density at radius 1 is 1.15 bits per heavy atom. The zero-order valence-corrected chi connectivity index (χ0v) is 20.4. The van der Waals surface area contributed by atoms with Gasteiger partial charge in [-0.15, -0.1) is 5.10 Å². The van der Waals surface area contributed by atoms with Crippen LogP contribution in [0.4, 0.5) is 11.6 Å². The summed E-state index contributed by atoms with van der Waals surface area (Å²) in [4.78, 5) is 15.3.